The lowest BCUT2D eigenvalue weighted by molar-refractivity contribution is -0.384. The lowest BCUT2D eigenvalue weighted by Crippen LogP contribution is -2.32. The third kappa shape index (κ3) is 6.78. The maximum absolute atomic E-state index is 14.1. The predicted molar refractivity (Wildman–Crippen MR) is 153 cm³/mol. The smallest absolute Gasteiger partial charge is 0.303 e. The van der Waals surface area contributed by atoms with Gasteiger partial charge >= 0.3 is 5.97 Å². The van der Waals surface area contributed by atoms with Gasteiger partial charge in [0.1, 0.15) is 11.4 Å². The van der Waals surface area contributed by atoms with E-state index >= 15 is 0 Å². The molecule has 1 heterocycles. The first-order valence-electron chi connectivity index (χ1n) is 13.2. The second-order valence-electron chi connectivity index (χ2n) is 9.79. The third-order valence-electron chi connectivity index (χ3n) is 6.96. The Kier molecular flexibility index (Phi) is 9.13. The molecule has 0 radical (unpaired) electrons. The molecule has 212 valence electrons. The molecule has 0 bridgehead atoms. The first kappa shape index (κ1) is 29.0. The Morgan fingerprint density at radius 1 is 0.976 bits per heavy atom. The van der Waals surface area contributed by atoms with Gasteiger partial charge in [0.15, 0.2) is 5.78 Å². The van der Waals surface area contributed by atoms with Crippen molar-refractivity contribution in [2.24, 2.45) is 0 Å². The Morgan fingerprint density at radius 2 is 1.63 bits per heavy atom. The van der Waals surface area contributed by atoms with E-state index in [1.54, 1.807) is 36.3 Å². The van der Waals surface area contributed by atoms with Crippen LogP contribution in [0.4, 0.5) is 11.4 Å². The highest BCUT2D eigenvalue weighted by atomic mass is 16.6. The van der Waals surface area contributed by atoms with E-state index in [1.807, 2.05) is 31.2 Å². The summed E-state index contributed by atoms with van der Waals surface area (Å²) in [6.07, 6.45) is 1.65. The van der Waals surface area contributed by atoms with Gasteiger partial charge in [-0.1, -0.05) is 36.2 Å². The number of rotatable bonds is 13. The maximum Gasteiger partial charge on any atom is 0.303 e. The molecule has 0 aromatic heterocycles. The van der Waals surface area contributed by atoms with Crippen LogP contribution >= 0.6 is 0 Å². The standard InChI is InChI=1S/C31H31N3O7/c1-20-7-13-23(14-8-20)32-28-27(30(37)22-9-15-24(16-10-22)34(39)40)29(21-11-17-25(41-2)18-12-21)33(31(28)38)19-5-3-4-6-26(35)36/h7-18,29,32H,3-6,19H2,1-2H3,(H,35,36)/t29-/m0/s1. The van der Waals surface area contributed by atoms with Crippen LogP contribution in [-0.4, -0.2) is 46.2 Å². The molecular formula is C31H31N3O7. The monoisotopic (exact) mass is 557 g/mol. The minimum absolute atomic E-state index is 0.0399. The Labute approximate surface area is 237 Å². The van der Waals surface area contributed by atoms with Crippen molar-refractivity contribution in [2.75, 3.05) is 19.0 Å². The van der Waals surface area contributed by atoms with Crippen molar-refractivity contribution in [3.63, 3.8) is 0 Å². The summed E-state index contributed by atoms with van der Waals surface area (Å²) in [5.41, 5.74) is 2.77. The fraction of sp³-hybridized carbons (Fsp3) is 0.258. The zero-order chi connectivity index (χ0) is 29.5. The molecule has 0 spiro atoms. The number of hydrogen-bond acceptors (Lipinski definition) is 7. The number of ketones is 1. The zero-order valence-electron chi connectivity index (χ0n) is 22.8. The number of nitrogens with zero attached hydrogens (tertiary/aromatic N) is 2. The number of methoxy groups -OCH3 is 1. The molecule has 41 heavy (non-hydrogen) atoms. The number of nitro benzene ring substituents is 1. The SMILES string of the molecule is COc1ccc([C@H]2C(C(=O)c3ccc([N+](=O)[O-])cc3)=C(Nc3ccc(C)cc3)C(=O)N2CCCCCC(=O)O)cc1. The average molecular weight is 558 g/mol. The van der Waals surface area contributed by atoms with E-state index < -0.39 is 22.7 Å². The Balaban J connectivity index is 1.79. The highest BCUT2D eigenvalue weighted by Crippen LogP contribution is 2.41. The highest BCUT2D eigenvalue weighted by Gasteiger charge is 2.43. The van der Waals surface area contributed by atoms with Crippen LogP contribution in [0.2, 0.25) is 0 Å². The van der Waals surface area contributed by atoms with Crippen LogP contribution in [0.1, 0.15) is 53.2 Å². The van der Waals surface area contributed by atoms with E-state index in [0.717, 1.165) is 5.56 Å². The van der Waals surface area contributed by atoms with Crippen LogP contribution in [-0.2, 0) is 9.59 Å². The van der Waals surface area contributed by atoms with Crippen molar-refractivity contribution < 1.29 is 29.2 Å². The summed E-state index contributed by atoms with van der Waals surface area (Å²) < 4.78 is 5.30. The largest absolute Gasteiger partial charge is 0.497 e. The number of aryl methyl sites for hydroxylation is 1. The van der Waals surface area contributed by atoms with E-state index in [4.69, 9.17) is 9.84 Å². The topological polar surface area (TPSA) is 139 Å². The van der Waals surface area contributed by atoms with Crippen LogP contribution in [0.5, 0.6) is 5.75 Å². The van der Waals surface area contributed by atoms with E-state index in [9.17, 15) is 24.5 Å². The van der Waals surface area contributed by atoms with E-state index in [0.29, 0.717) is 42.8 Å². The molecule has 1 aliphatic heterocycles. The number of anilines is 1. The highest BCUT2D eigenvalue weighted by molar-refractivity contribution is 6.18. The van der Waals surface area contributed by atoms with Gasteiger partial charge in [0, 0.05) is 36.3 Å². The molecule has 1 aliphatic rings. The molecule has 10 nitrogen and oxygen atoms in total. The second kappa shape index (κ2) is 12.9. The van der Waals surface area contributed by atoms with Crippen LogP contribution in [0.3, 0.4) is 0 Å². The number of benzene rings is 3. The number of carbonyl (C=O) groups excluding carboxylic acids is 2. The molecule has 0 saturated heterocycles. The summed E-state index contributed by atoms with van der Waals surface area (Å²) in [6.45, 7) is 2.24. The van der Waals surface area contributed by atoms with Crippen molar-refractivity contribution in [2.45, 2.75) is 38.6 Å². The quantitative estimate of drug-likeness (QED) is 0.118. The van der Waals surface area contributed by atoms with Crippen molar-refractivity contribution in [1.82, 2.24) is 4.90 Å². The number of ether oxygens (including phenoxy) is 1. The number of nitrogens with one attached hydrogen (secondary N) is 1. The minimum atomic E-state index is -0.874. The molecule has 3 aromatic carbocycles. The van der Waals surface area contributed by atoms with Gasteiger partial charge in [-0.3, -0.25) is 24.5 Å². The molecule has 4 rings (SSSR count). The number of carboxylic acids is 1. The van der Waals surface area contributed by atoms with Crippen LogP contribution in [0.25, 0.3) is 0 Å². The number of amides is 1. The lowest BCUT2D eigenvalue weighted by Gasteiger charge is -2.27. The van der Waals surface area contributed by atoms with Crippen molar-refractivity contribution in [1.29, 1.82) is 0 Å². The summed E-state index contributed by atoms with van der Waals surface area (Å²) in [7, 11) is 1.55. The van der Waals surface area contributed by atoms with Gasteiger partial charge in [-0.25, -0.2) is 0 Å². The van der Waals surface area contributed by atoms with Gasteiger partial charge < -0.3 is 20.1 Å². The Morgan fingerprint density at radius 3 is 2.22 bits per heavy atom. The van der Waals surface area contributed by atoms with Crippen molar-refractivity contribution in [3.8, 4) is 5.75 Å². The molecule has 0 saturated carbocycles. The Hall–Kier alpha value is -4.99. The maximum atomic E-state index is 14.1. The van der Waals surface area contributed by atoms with Gasteiger partial charge in [-0.15, -0.1) is 0 Å². The second-order valence-corrected chi connectivity index (χ2v) is 9.79. The third-order valence-corrected chi connectivity index (χ3v) is 6.96. The molecule has 1 atom stereocenters. The summed E-state index contributed by atoms with van der Waals surface area (Å²) in [5.74, 6) is -1.06. The van der Waals surface area contributed by atoms with Crippen LogP contribution in [0.15, 0.2) is 84.1 Å². The molecule has 0 fully saturated rings. The molecule has 0 unspecified atom stereocenters. The Bertz CT molecular complexity index is 1460. The molecule has 10 heteroatoms. The molecule has 3 aromatic rings. The summed E-state index contributed by atoms with van der Waals surface area (Å²) in [6, 6.07) is 19.1. The summed E-state index contributed by atoms with van der Waals surface area (Å²) in [5, 5.41) is 23.3. The summed E-state index contributed by atoms with van der Waals surface area (Å²) >= 11 is 0. The molecular weight excluding hydrogens is 526 g/mol. The first-order valence-corrected chi connectivity index (χ1v) is 13.2. The first-order chi connectivity index (χ1) is 19.7. The number of Topliss-reactive ketones (excluding diaryl/α,β-unsaturated/α-hetero) is 1. The number of nitro groups is 1. The molecule has 2 N–H and O–H groups in total. The van der Waals surface area contributed by atoms with Gasteiger partial charge in [-0.2, -0.15) is 0 Å². The predicted octanol–water partition coefficient (Wildman–Crippen LogP) is 5.69. The number of carbonyl (C=O) groups is 3. The molecule has 0 aliphatic carbocycles. The summed E-state index contributed by atoms with van der Waals surface area (Å²) in [4.78, 5) is 51.3. The number of carboxylic acid groups (broad SMARTS) is 1. The molecule has 1 amide bonds. The normalized spacial score (nSPS) is 14.7. The number of unbranched alkanes of at least 4 members (excludes halogenated alkanes) is 2. The zero-order valence-corrected chi connectivity index (χ0v) is 22.8. The lowest BCUT2D eigenvalue weighted by atomic mass is 9.92. The number of aliphatic carboxylic acids is 1. The fourth-order valence-corrected chi connectivity index (χ4v) is 4.80. The van der Waals surface area contributed by atoms with Gasteiger partial charge in [0.25, 0.3) is 11.6 Å². The minimum Gasteiger partial charge on any atom is -0.497 e. The van der Waals surface area contributed by atoms with E-state index in [2.05, 4.69) is 5.32 Å². The van der Waals surface area contributed by atoms with Gasteiger partial charge in [0.05, 0.1) is 23.6 Å². The van der Waals surface area contributed by atoms with Gasteiger partial charge in [-0.05, 0) is 61.7 Å². The van der Waals surface area contributed by atoms with Crippen LogP contribution < -0.4 is 10.1 Å². The fourth-order valence-electron chi connectivity index (χ4n) is 4.80. The van der Waals surface area contributed by atoms with Crippen molar-refractivity contribution >= 4 is 29.0 Å². The number of non-ortho nitro benzene ring substituents is 1. The van der Waals surface area contributed by atoms with Gasteiger partial charge in [0.2, 0.25) is 0 Å². The van der Waals surface area contributed by atoms with E-state index in [-0.39, 0.29) is 34.8 Å². The van der Waals surface area contributed by atoms with Crippen molar-refractivity contribution in [3.05, 3.63) is 111 Å². The number of hydrogen-bond donors (Lipinski definition) is 2. The van der Waals surface area contributed by atoms with E-state index in [1.165, 1.54) is 24.3 Å². The average Bonchev–Trinajstić information content (AvgIpc) is 3.24. The van der Waals surface area contributed by atoms with Crippen LogP contribution in [0, 0.1) is 17.0 Å².